The third-order valence-electron chi connectivity index (χ3n) is 3.38. The van der Waals surface area contributed by atoms with E-state index in [-0.39, 0.29) is 5.91 Å². The molecule has 0 spiro atoms. The van der Waals surface area contributed by atoms with Crippen LogP contribution in [0.3, 0.4) is 0 Å². The fourth-order valence-electron chi connectivity index (χ4n) is 2.86. The van der Waals surface area contributed by atoms with Crippen LogP contribution in [0.15, 0.2) is 12.7 Å². The largest absolute Gasteiger partial charge is 0.336 e. The van der Waals surface area contributed by atoms with Crippen molar-refractivity contribution in [2.24, 2.45) is 5.73 Å². The van der Waals surface area contributed by atoms with Crippen molar-refractivity contribution in [1.82, 2.24) is 4.90 Å². The van der Waals surface area contributed by atoms with Gasteiger partial charge in [0.25, 0.3) is 0 Å². The molecule has 2 heterocycles. The van der Waals surface area contributed by atoms with Gasteiger partial charge in [0.1, 0.15) is 0 Å². The minimum atomic E-state index is 0.236. The number of fused-ring (bicyclic) bond motifs is 2. The summed E-state index contributed by atoms with van der Waals surface area (Å²) in [6, 6.07) is 1.13. The van der Waals surface area contributed by atoms with E-state index < -0.39 is 0 Å². The Labute approximate surface area is 84.9 Å². The molecule has 2 aliphatic heterocycles. The lowest BCUT2D eigenvalue weighted by atomic mass is 9.98. The first-order valence-electron chi connectivity index (χ1n) is 5.40. The fraction of sp³-hybridized carbons (Fsp3) is 0.727. The Kier molecular flexibility index (Phi) is 2.59. The van der Waals surface area contributed by atoms with Crippen LogP contribution in [0, 0.1) is 0 Å². The molecule has 2 fully saturated rings. The molecule has 14 heavy (non-hydrogen) atoms. The van der Waals surface area contributed by atoms with Crippen molar-refractivity contribution in [1.29, 1.82) is 0 Å². The zero-order chi connectivity index (χ0) is 10.1. The van der Waals surface area contributed by atoms with Crippen molar-refractivity contribution in [3.8, 4) is 0 Å². The van der Waals surface area contributed by atoms with E-state index in [1.807, 2.05) is 0 Å². The van der Waals surface area contributed by atoms with Crippen LogP contribution in [0.1, 0.15) is 32.1 Å². The number of hydrogen-bond donors (Lipinski definition) is 1. The highest BCUT2D eigenvalue weighted by molar-refractivity contribution is 5.78. The lowest BCUT2D eigenvalue weighted by molar-refractivity contribution is -0.134. The van der Waals surface area contributed by atoms with Gasteiger partial charge in [-0.15, -0.1) is 6.58 Å². The molecular weight excluding hydrogens is 176 g/mol. The molecule has 0 aromatic heterocycles. The van der Waals surface area contributed by atoms with E-state index in [4.69, 9.17) is 5.73 Å². The molecule has 2 aliphatic rings. The summed E-state index contributed by atoms with van der Waals surface area (Å²) in [5.41, 5.74) is 5.93. The van der Waals surface area contributed by atoms with E-state index in [9.17, 15) is 4.79 Å². The van der Waals surface area contributed by atoms with Gasteiger partial charge >= 0.3 is 0 Å². The van der Waals surface area contributed by atoms with Crippen molar-refractivity contribution >= 4 is 5.91 Å². The Hall–Kier alpha value is -0.830. The molecule has 2 atom stereocenters. The van der Waals surface area contributed by atoms with Crippen molar-refractivity contribution in [3.63, 3.8) is 0 Å². The quantitative estimate of drug-likeness (QED) is 0.668. The topological polar surface area (TPSA) is 46.3 Å². The van der Waals surface area contributed by atoms with Gasteiger partial charge in [-0.05, 0) is 25.7 Å². The second-order valence-electron chi connectivity index (χ2n) is 4.41. The molecule has 2 rings (SSSR count). The van der Waals surface area contributed by atoms with Gasteiger partial charge in [0.15, 0.2) is 0 Å². The SMILES string of the molecule is C=CCC(=O)N1C2CCC1CC(N)C2. The van der Waals surface area contributed by atoms with E-state index in [0.717, 1.165) is 25.7 Å². The molecule has 2 N–H and O–H groups in total. The Morgan fingerprint density at radius 3 is 2.50 bits per heavy atom. The lowest BCUT2D eigenvalue weighted by Gasteiger charge is -2.37. The number of rotatable bonds is 2. The second-order valence-corrected chi connectivity index (χ2v) is 4.41. The maximum atomic E-state index is 11.8. The van der Waals surface area contributed by atoms with Gasteiger partial charge in [-0.1, -0.05) is 6.08 Å². The highest BCUT2D eigenvalue weighted by Gasteiger charge is 2.41. The van der Waals surface area contributed by atoms with Gasteiger partial charge in [0, 0.05) is 24.5 Å². The molecule has 0 saturated carbocycles. The van der Waals surface area contributed by atoms with Gasteiger partial charge in [0.05, 0.1) is 0 Å². The van der Waals surface area contributed by atoms with E-state index in [1.165, 1.54) is 0 Å². The van der Waals surface area contributed by atoms with Gasteiger partial charge < -0.3 is 10.6 Å². The van der Waals surface area contributed by atoms with Crippen LogP contribution in [-0.2, 0) is 4.79 Å². The normalized spacial score (nSPS) is 35.8. The average molecular weight is 194 g/mol. The van der Waals surface area contributed by atoms with E-state index in [0.29, 0.717) is 24.5 Å². The second kappa shape index (κ2) is 3.73. The summed E-state index contributed by atoms with van der Waals surface area (Å²) < 4.78 is 0. The summed E-state index contributed by atoms with van der Waals surface area (Å²) in [4.78, 5) is 13.8. The molecule has 0 aliphatic carbocycles. The summed E-state index contributed by atoms with van der Waals surface area (Å²) in [6.07, 6.45) is 6.42. The first-order valence-corrected chi connectivity index (χ1v) is 5.40. The van der Waals surface area contributed by atoms with Crippen LogP contribution in [0.2, 0.25) is 0 Å². The summed E-state index contributed by atoms with van der Waals surface area (Å²) >= 11 is 0. The average Bonchev–Trinajstić information content (AvgIpc) is 2.39. The van der Waals surface area contributed by atoms with E-state index in [2.05, 4.69) is 11.5 Å². The standard InChI is InChI=1S/C11H18N2O/c1-2-3-11(14)13-9-4-5-10(13)7-8(12)6-9/h2,8-10H,1,3-7,12H2. The Morgan fingerprint density at radius 1 is 1.43 bits per heavy atom. The monoisotopic (exact) mass is 194 g/mol. The predicted octanol–water partition coefficient (Wildman–Crippen LogP) is 1.04. The molecule has 2 bridgehead atoms. The zero-order valence-corrected chi connectivity index (χ0v) is 8.48. The molecule has 0 aromatic carbocycles. The molecule has 0 radical (unpaired) electrons. The predicted molar refractivity (Wildman–Crippen MR) is 55.7 cm³/mol. The number of carbonyl (C=O) groups excluding carboxylic acids is 1. The van der Waals surface area contributed by atoms with Crippen LogP contribution in [-0.4, -0.2) is 28.9 Å². The molecule has 3 heteroatoms. The number of piperidine rings is 1. The first-order chi connectivity index (χ1) is 6.72. The highest BCUT2D eigenvalue weighted by atomic mass is 16.2. The zero-order valence-electron chi connectivity index (χ0n) is 8.48. The first kappa shape index (κ1) is 9.71. The van der Waals surface area contributed by atoms with Crippen molar-refractivity contribution < 1.29 is 4.79 Å². The maximum absolute atomic E-state index is 11.8. The Bertz CT molecular complexity index is 238. The maximum Gasteiger partial charge on any atom is 0.226 e. The van der Waals surface area contributed by atoms with E-state index >= 15 is 0 Å². The third kappa shape index (κ3) is 1.57. The van der Waals surface area contributed by atoms with Gasteiger partial charge in [-0.25, -0.2) is 0 Å². The van der Waals surface area contributed by atoms with Crippen LogP contribution in [0.25, 0.3) is 0 Å². The van der Waals surface area contributed by atoms with Crippen molar-refractivity contribution in [2.75, 3.05) is 0 Å². The number of carbonyl (C=O) groups is 1. The highest BCUT2D eigenvalue weighted by Crippen LogP contribution is 2.35. The third-order valence-corrected chi connectivity index (χ3v) is 3.38. The van der Waals surface area contributed by atoms with Gasteiger partial charge in [-0.2, -0.15) is 0 Å². The van der Waals surface area contributed by atoms with Crippen LogP contribution in [0.5, 0.6) is 0 Å². The van der Waals surface area contributed by atoms with Crippen LogP contribution >= 0.6 is 0 Å². The molecule has 0 aromatic rings. The smallest absolute Gasteiger partial charge is 0.226 e. The van der Waals surface area contributed by atoms with Crippen LogP contribution in [0.4, 0.5) is 0 Å². The minimum absolute atomic E-state index is 0.236. The molecule has 1 amide bonds. The number of nitrogens with zero attached hydrogens (tertiary/aromatic N) is 1. The fourth-order valence-corrected chi connectivity index (χ4v) is 2.86. The van der Waals surface area contributed by atoms with Gasteiger partial charge in [0.2, 0.25) is 5.91 Å². The minimum Gasteiger partial charge on any atom is -0.336 e. The number of nitrogens with two attached hydrogens (primary N) is 1. The Balaban J connectivity index is 2.07. The number of hydrogen-bond acceptors (Lipinski definition) is 2. The molecule has 2 unspecified atom stereocenters. The molecule has 78 valence electrons. The number of amides is 1. The summed E-state index contributed by atoms with van der Waals surface area (Å²) in [5.74, 6) is 0.236. The lowest BCUT2D eigenvalue weighted by Crippen LogP contribution is -2.49. The van der Waals surface area contributed by atoms with Crippen molar-refractivity contribution in [3.05, 3.63) is 12.7 Å². The van der Waals surface area contributed by atoms with E-state index in [1.54, 1.807) is 6.08 Å². The molecular formula is C11H18N2O. The van der Waals surface area contributed by atoms with Crippen LogP contribution < -0.4 is 5.73 Å². The summed E-state index contributed by atoms with van der Waals surface area (Å²) in [7, 11) is 0. The summed E-state index contributed by atoms with van der Waals surface area (Å²) in [5, 5.41) is 0. The molecule has 2 saturated heterocycles. The van der Waals surface area contributed by atoms with Crippen molar-refractivity contribution in [2.45, 2.75) is 50.2 Å². The Morgan fingerprint density at radius 2 is 2.00 bits per heavy atom. The summed E-state index contributed by atoms with van der Waals surface area (Å²) in [6.45, 7) is 3.61. The van der Waals surface area contributed by atoms with Gasteiger partial charge in [-0.3, -0.25) is 4.79 Å². The molecule has 3 nitrogen and oxygen atoms in total.